The van der Waals surface area contributed by atoms with Gasteiger partial charge in [-0.15, -0.1) is 0 Å². The van der Waals surface area contributed by atoms with E-state index in [0.29, 0.717) is 0 Å². The second kappa shape index (κ2) is 10.6. The van der Waals surface area contributed by atoms with E-state index >= 15 is 0 Å². The normalized spacial score (nSPS) is 11.6. The van der Waals surface area contributed by atoms with Crippen molar-refractivity contribution in [1.29, 1.82) is 0 Å². The van der Waals surface area contributed by atoms with Crippen molar-refractivity contribution >= 4 is 43.4 Å². The molecule has 2 nitrogen and oxygen atoms in total. The predicted molar refractivity (Wildman–Crippen MR) is 195 cm³/mol. The minimum Gasteiger partial charge on any atom is -0.292 e. The Morgan fingerprint density at radius 2 is 0.978 bits per heavy atom. The first-order valence-electron chi connectivity index (χ1n) is 15.8. The summed E-state index contributed by atoms with van der Waals surface area (Å²) in [5.41, 5.74) is 10.5. The first kappa shape index (κ1) is 26.4. The van der Waals surface area contributed by atoms with Crippen LogP contribution in [0.25, 0.3) is 82.7 Å². The molecular formula is C44H30N2. The van der Waals surface area contributed by atoms with Crippen molar-refractivity contribution < 1.29 is 0 Å². The molecule has 0 aliphatic carbocycles. The molecule has 0 bridgehead atoms. The van der Waals surface area contributed by atoms with E-state index in [1.165, 1.54) is 60.1 Å². The minimum atomic E-state index is 0.948. The van der Waals surface area contributed by atoms with Crippen LogP contribution in [0.4, 0.5) is 0 Å². The van der Waals surface area contributed by atoms with Crippen LogP contribution in [0.2, 0.25) is 0 Å². The Bertz CT molecular complexity index is 2520. The number of benzene rings is 8. The Morgan fingerprint density at radius 1 is 0.435 bits per heavy atom. The molecule has 0 fully saturated rings. The lowest BCUT2D eigenvalue weighted by Crippen LogP contribution is -1.97. The van der Waals surface area contributed by atoms with Gasteiger partial charge in [0.15, 0.2) is 0 Å². The molecule has 9 aromatic rings. The largest absolute Gasteiger partial charge is 0.292 e. The van der Waals surface area contributed by atoms with Gasteiger partial charge in [0, 0.05) is 11.3 Å². The molecule has 0 atom stereocenters. The van der Waals surface area contributed by atoms with Crippen molar-refractivity contribution in [3.8, 4) is 39.3 Å². The molecule has 0 radical (unpaired) electrons. The fraction of sp³-hybridized carbons (Fsp3) is 0.0227. The van der Waals surface area contributed by atoms with E-state index in [1.807, 2.05) is 0 Å². The molecule has 9 rings (SSSR count). The zero-order valence-electron chi connectivity index (χ0n) is 25.5. The van der Waals surface area contributed by atoms with E-state index < -0.39 is 0 Å². The Balaban J connectivity index is 1.25. The number of aryl methyl sites for hydroxylation is 1. The molecule has 1 heterocycles. The van der Waals surface area contributed by atoms with Crippen LogP contribution in [0, 0.1) is 6.92 Å². The van der Waals surface area contributed by atoms with Crippen molar-refractivity contribution in [2.75, 3.05) is 0 Å². The first-order chi connectivity index (χ1) is 22.7. The average molecular weight is 587 g/mol. The van der Waals surface area contributed by atoms with Crippen molar-refractivity contribution in [1.82, 2.24) is 9.55 Å². The van der Waals surface area contributed by atoms with Gasteiger partial charge < -0.3 is 0 Å². The summed E-state index contributed by atoms with van der Waals surface area (Å²) in [4.78, 5) is 5.19. The Hall–Kier alpha value is -5.99. The monoisotopic (exact) mass is 586 g/mol. The van der Waals surface area contributed by atoms with E-state index in [0.717, 1.165) is 28.1 Å². The fourth-order valence-corrected chi connectivity index (χ4v) is 7.15. The van der Waals surface area contributed by atoms with Gasteiger partial charge in [-0.2, -0.15) is 0 Å². The quantitative estimate of drug-likeness (QED) is 0.188. The van der Waals surface area contributed by atoms with Gasteiger partial charge in [0.25, 0.3) is 0 Å². The maximum absolute atomic E-state index is 5.19. The topological polar surface area (TPSA) is 17.8 Å². The van der Waals surface area contributed by atoms with Crippen LogP contribution in [0.5, 0.6) is 0 Å². The second-order valence-corrected chi connectivity index (χ2v) is 12.0. The minimum absolute atomic E-state index is 0.948. The second-order valence-electron chi connectivity index (χ2n) is 12.0. The summed E-state index contributed by atoms with van der Waals surface area (Å²) in [5.74, 6) is 0.948. The third-order valence-electron chi connectivity index (χ3n) is 9.30. The zero-order valence-corrected chi connectivity index (χ0v) is 25.5. The fourth-order valence-electron chi connectivity index (χ4n) is 7.15. The standard InChI is InChI=1S/C44H30N2/c1-29-12-11-21-40-43(29)45-44(46(40)35-15-3-2-4-16-35)32-25-23-31(24-26-32)41-36-17-7-9-19-38(36)42(39-20-10-8-18-37(39)41)34-27-22-30-13-5-6-14-33(30)28-34/h2-28H,1H3. The predicted octanol–water partition coefficient (Wildman–Crippen LogP) is 11.8. The molecule has 0 unspecified atom stereocenters. The van der Waals surface area contributed by atoms with Gasteiger partial charge in [0.2, 0.25) is 0 Å². The number of imidazole rings is 1. The van der Waals surface area contributed by atoms with E-state index in [9.17, 15) is 0 Å². The third kappa shape index (κ3) is 4.15. The third-order valence-corrected chi connectivity index (χ3v) is 9.30. The van der Waals surface area contributed by atoms with Gasteiger partial charge in [0.05, 0.1) is 11.0 Å². The maximum atomic E-state index is 5.19. The lowest BCUT2D eigenvalue weighted by molar-refractivity contribution is 1.10. The van der Waals surface area contributed by atoms with Crippen molar-refractivity contribution in [3.63, 3.8) is 0 Å². The molecular weight excluding hydrogens is 556 g/mol. The molecule has 8 aromatic carbocycles. The van der Waals surface area contributed by atoms with Gasteiger partial charge in [-0.3, -0.25) is 4.57 Å². The van der Waals surface area contributed by atoms with Crippen molar-refractivity contribution in [3.05, 3.63) is 169 Å². The molecule has 0 aliphatic rings. The Labute approximate surface area is 267 Å². The molecule has 0 N–H and O–H groups in total. The summed E-state index contributed by atoms with van der Waals surface area (Å²) in [6, 6.07) is 59.1. The van der Waals surface area contributed by atoms with Crippen molar-refractivity contribution in [2.45, 2.75) is 6.92 Å². The molecule has 0 spiro atoms. The first-order valence-corrected chi connectivity index (χ1v) is 15.8. The highest BCUT2D eigenvalue weighted by molar-refractivity contribution is 6.21. The summed E-state index contributed by atoms with van der Waals surface area (Å²) in [7, 11) is 0. The Morgan fingerprint density at radius 3 is 1.65 bits per heavy atom. The smallest absolute Gasteiger partial charge is 0.145 e. The number of nitrogens with zero attached hydrogens (tertiary/aromatic N) is 2. The van der Waals surface area contributed by atoms with Crippen LogP contribution in [0.1, 0.15) is 5.56 Å². The summed E-state index contributed by atoms with van der Waals surface area (Å²) in [6.07, 6.45) is 0. The molecule has 0 amide bonds. The number of hydrogen-bond donors (Lipinski definition) is 0. The highest BCUT2D eigenvalue weighted by Gasteiger charge is 2.19. The number of hydrogen-bond acceptors (Lipinski definition) is 1. The van der Waals surface area contributed by atoms with E-state index in [4.69, 9.17) is 4.98 Å². The Kier molecular flexibility index (Phi) is 6.07. The van der Waals surface area contributed by atoms with E-state index in [2.05, 4.69) is 175 Å². The number of rotatable bonds is 4. The number of para-hydroxylation sites is 2. The highest BCUT2D eigenvalue weighted by Crippen LogP contribution is 2.44. The molecule has 46 heavy (non-hydrogen) atoms. The average Bonchev–Trinajstić information content (AvgIpc) is 3.52. The SMILES string of the molecule is Cc1cccc2c1nc(-c1ccc(-c3c4ccccc4c(-c4ccc5ccccc5c4)c4ccccc34)cc1)n2-c1ccccc1. The molecule has 0 saturated carbocycles. The van der Waals surface area contributed by atoms with Crippen LogP contribution in [0.15, 0.2) is 164 Å². The van der Waals surface area contributed by atoms with Gasteiger partial charge in [-0.1, -0.05) is 140 Å². The number of fused-ring (bicyclic) bond motifs is 4. The van der Waals surface area contributed by atoms with Gasteiger partial charge >= 0.3 is 0 Å². The van der Waals surface area contributed by atoms with Crippen molar-refractivity contribution in [2.24, 2.45) is 0 Å². The van der Waals surface area contributed by atoms with Crippen LogP contribution in [0.3, 0.4) is 0 Å². The zero-order chi connectivity index (χ0) is 30.6. The molecule has 0 aliphatic heterocycles. The van der Waals surface area contributed by atoms with E-state index in [1.54, 1.807) is 0 Å². The molecule has 0 saturated heterocycles. The van der Waals surface area contributed by atoms with Crippen LogP contribution < -0.4 is 0 Å². The van der Waals surface area contributed by atoms with Gasteiger partial charge in [-0.05, 0) is 91.3 Å². The lowest BCUT2D eigenvalue weighted by atomic mass is 9.85. The summed E-state index contributed by atoms with van der Waals surface area (Å²) < 4.78 is 2.28. The summed E-state index contributed by atoms with van der Waals surface area (Å²) in [5, 5.41) is 7.54. The van der Waals surface area contributed by atoms with Gasteiger partial charge in [-0.25, -0.2) is 4.98 Å². The molecule has 2 heteroatoms. The highest BCUT2D eigenvalue weighted by atomic mass is 15.1. The molecule has 1 aromatic heterocycles. The van der Waals surface area contributed by atoms with Gasteiger partial charge in [0.1, 0.15) is 5.82 Å². The van der Waals surface area contributed by atoms with E-state index in [-0.39, 0.29) is 0 Å². The van der Waals surface area contributed by atoms with Crippen LogP contribution >= 0.6 is 0 Å². The molecule has 216 valence electrons. The summed E-state index contributed by atoms with van der Waals surface area (Å²) in [6.45, 7) is 2.13. The lowest BCUT2D eigenvalue weighted by Gasteiger charge is -2.18. The van der Waals surface area contributed by atoms with Crippen LogP contribution in [-0.4, -0.2) is 9.55 Å². The maximum Gasteiger partial charge on any atom is 0.145 e. The summed E-state index contributed by atoms with van der Waals surface area (Å²) >= 11 is 0. The van der Waals surface area contributed by atoms with Crippen LogP contribution in [-0.2, 0) is 0 Å². The number of aromatic nitrogens is 2.